The Morgan fingerprint density at radius 1 is 1.10 bits per heavy atom. The van der Waals surface area contributed by atoms with Gasteiger partial charge in [-0.3, -0.25) is 0 Å². The molecular weight excluding hydrogens is 250 g/mol. The van der Waals surface area contributed by atoms with E-state index >= 15 is 0 Å². The first-order chi connectivity index (χ1) is 9.43. The average Bonchev–Trinajstić information content (AvgIpc) is 2.66. The van der Waals surface area contributed by atoms with E-state index in [1.807, 2.05) is 19.9 Å². The van der Waals surface area contributed by atoms with Crippen LogP contribution >= 0.6 is 0 Å². The van der Waals surface area contributed by atoms with Gasteiger partial charge >= 0.3 is 0 Å². The molecule has 3 heteroatoms. The summed E-state index contributed by atoms with van der Waals surface area (Å²) in [5.74, 6) is 2.72. The summed E-state index contributed by atoms with van der Waals surface area (Å²) in [5, 5.41) is 3.67. The molecule has 1 aromatic rings. The molecule has 3 rings (SSSR count). The number of nitrogens with one attached hydrogen (secondary N) is 1. The van der Waals surface area contributed by atoms with Gasteiger partial charge in [0.15, 0.2) is 11.5 Å². The summed E-state index contributed by atoms with van der Waals surface area (Å²) >= 11 is 0. The van der Waals surface area contributed by atoms with Gasteiger partial charge in [0.25, 0.3) is 0 Å². The van der Waals surface area contributed by atoms with Crippen LogP contribution in [0.15, 0.2) is 18.2 Å². The minimum atomic E-state index is -0.547. The lowest BCUT2D eigenvalue weighted by Gasteiger charge is -2.33. The highest BCUT2D eigenvalue weighted by Gasteiger charge is 2.32. The Morgan fingerprint density at radius 3 is 2.60 bits per heavy atom. The molecule has 2 aliphatic rings. The minimum Gasteiger partial charge on any atom is -0.449 e. The Balaban J connectivity index is 1.70. The van der Waals surface area contributed by atoms with Crippen molar-refractivity contribution in [3.63, 3.8) is 0 Å². The molecule has 0 saturated heterocycles. The van der Waals surface area contributed by atoms with Crippen LogP contribution < -0.4 is 14.8 Å². The molecule has 0 radical (unpaired) electrons. The quantitative estimate of drug-likeness (QED) is 0.866. The van der Waals surface area contributed by atoms with Crippen LogP contribution in [0.5, 0.6) is 11.5 Å². The Morgan fingerprint density at radius 2 is 1.85 bits per heavy atom. The van der Waals surface area contributed by atoms with Gasteiger partial charge in [0.2, 0.25) is 5.79 Å². The maximum absolute atomic E-state index is 5.81. The van der Waals surface area contributed by atoms with E-state index in [2.05, 4.69) is 31.3 Å². The Bertz CT molecular complexity index is 498. The fraction of sp³-hybridized carbons (Fsp3) is 0.647. The predicted molar refractivity (Wildman–Crippen MR) is 81.4 cm³/mol. The molecule has 1 aliphatic heterocycles. The number of hydrogen-bond acceptors (Lipinski definition) is 3. The van der Waals surface area contributed by atoms with Crippen LogP contribution in [0.25, 0.3) is 0 Å². The molecular formula is C17H25NO2. The topological polar surface area (TPSA) is 30.5 Å². The van der Waals surface area contributed by atoms with Crippen molar-refractivity contribution in [2.45, 2.75) is 58.8 Å². The van der Waals surface area contributed by atoms with Crippen molar-refractivity contribution in [1.29, 1.82) is 0 Å². The standard InChI is InChI=1S/C17H25NO2/c1-11-5-7-14(12(2)9-11)18-13-6-8-15-16(10-13)20-17(3,4)19-15/h6,8,10-12,14,18H,5,7,9H2,1-4H3. The van der Waals surface area contributed by atoms with E-state index in [-0.39, 0.29) is 0 Å². The van der Waals surface area contributed by atoms with Gasteiger partial charge in [-0.25, -0.2) is 0 Å². The minimum absolute atomic E-state index is 0.547. The third-order valence-corrected chi connectivity index (χ3v) is 4.44. The molecule has 0 amide bonds. The zero-order valence-corrected chi connectivity index (χ0v) is 12.9. The van der Waals surface area contributed by atoms with Crippen LogP contribution in [0.2, 0.25) is 0 Å². The van der Waals surface area contributed by atoms with Crippen molar-refractivity contribution in [2.24, 2.45) is 11.8 Å². The largest absolute Gasteiger partial charge is 0.449 e. The normalized spacial score (nSPS) is 31.1. The number of ether oxygens (including phenoxy) is 2. The highest BCUT2D eigenvalue weighted by Crippen LogP contribution is 2.41. The summed E-state index contributed by atoms with van der Waals surface area (Å²) in [5.41, 5.74) is 1.14. The third kappa shape index (κ3) is 2.72. The molecule has 1 aliphatic carbocycles. The third-order valence-electron chi connectivity index (χ3n) is 4.44. The van der Waals surface area contributed by atoms with E-state index in [0.29, 0.717) is 6.04 Å². The van der Waals surface area contributed by atoms with E-state index in [1.165, 1.54) is 19.3 Å². The van der Waals surface area contributed by atoms with Gasteiger partial charge in [0, 0.05) is 31.6 Å². The first kappa shape index (κ1) is 13.6. The lowest BCUT2D eigenvalue weighted by Crippen LogP contribution is -2.32. The van der Waals surface area contributed by atoms with Gasteiger partial charge in [-0.15, -0.1) is 0 Å². The van der Waals surface area contributed by atoms with E-state index in [9.17, 15) is 0 Å². The molecule has 1 aromatic carbocycles. The van der Waals surface area contributed by atoms with Crippen LogP contribution in [-0.2, 0) is 0 Å². The molecule has 0 spiro atoms. The fourth-order valence-corrected chi connectivity index (χ4v) is 3.41. The second-order valence-corrected chi connectivity index (χ2v) is 6.91. The van der Waals surface area contributed by atoms with Gasteiger partial charge in [0.1, 0.15) is 0 Å². The molecule has 3 nitrogen and oxygen atoms in total. The summed E-state index contributed by atoms with van der Waals surface area (Å²) < 4.78 is 11.5. The van der Waals surface area contributed by atoms with Crippen molar-refractivity contribution in [3.8, 4) is 11.5 Å². The van der Waals surface area contributed by atoms with Gasteiger partial charge in [0.05, 0.1) is 0 Å². The SMILES string of the molecule is CC1CCC(Nc2ccc3c(c2)OC(C)(C)O3)C(C)C1. The second-order valence-electron chi connectivity index (χ2n) is 6.91. The molecule has 110 valence electrons. The lowest BCUT2D eigenvalue weighted by molar-refractivity contribution is -0.0431. The van der Waals surface area contributed by atoms with Crippen molar-refractivity contribution < 1.29 is 9.47 Å². The van der Waals surface area contributed by atoms with Crippen LogP contribution in [0.4, 0.5) is 5.69 Å². The number of hydrogen-bond donors (Lipinski definition) is 1. The van der Waals surface area contributed by atoms with Crippen LogP contribution in [0, 0.1) is 11.8 Å². The molecule has 1 heterocycles. The van der Waals surface area contributed by atoms with Gasteiger partial charge in [-0.2, -0.15) is 0 Å². The summed E-state index contributed by atoms with van der Waals surface area (Å²) in [6.07, 6.45) is 3.89. The number of benzene rings is 1. The van der Waals surface area contributed by atoms with Crippen LogP contribution in [0.3, 0.4) is 0 Å². The van der Waals surface area contributed by atoms with E-state index in [1.54, 1.807) is 0 Å². The second kappa shape index (κ2) is 4.87. The molecule has 3 atom stereocenters. The van der Waals surface area contributed by atoms with E-state index in [4.69, 9.17) is 9.47 Å². The van der Waals surface area contributed by atoms with Crippen molar-refractivity contribution in [2.75, 3.05) is 5.32 Å². The predicted octanol–water partition coefficient (Wildman–Crippen LogP) is 4.43. The van der Waals surface area contributed by atoms with Crippen molar-refractivity contribution >= 4 is 5.69 Å². The molecule has 20 heavy (non-hydrogen) atoms. The average molecular weight is 275 g/mol. The smallest absolute Gasteiger partial charge is 0.246 e. The first-order valence-electron chi connectivity index (χ1n) is 7.71. The van der Waals surface area contributed by atoms with Crippen molar-refractivity contribution in [1.82, 2.24) is 0 Å². The highest BCUT2D eigenvalue weighted by molar-refractivity contribution is 5.56. The first-order valence-corrected chi connectivity index (χ1v) is 7.71. The summed E-state index contributed by atoms with van der Waals surface area (Å²) in [6.45, 7) is 8.58. The summed E-state index contributed by atoms with van der Waals surface area (Å²) in [6, 6.07) is 6.73. The number of anilines is 1. The molecule has 0 aromatic heterocycles. The fourth-order valence-electron chi connectivity index (χ4n) is 3.41. The monoisotopic (exact) mass is 275 g/mol. The number of rotatable bonds is 2. The van der Waals surface area contributed by atoms with Gasteiger partial charge in [-0.05, 0) is 43.2 Å². The maximum Gasteiger partial charge on any atom is 0.246 e. The molecule has 1 saturated carbocycles. The van der Waals surface area contributed by atoms with Gasteiger partial charge in [-0.1, -0.05) is 13.8 Å². The highest BCUT2D eigenvalue weighted by atomic mass is 16.7. The Kier molecular flexibility index (Phi) is 3.31. The van der Waals surface area contributed by atoms with E-state index < -0.39 is 5.79 Å². The maximum atomic E-state index is 5.81. The Labute approximate surface area is 121 Å². The van der Waals surface area contributed by atoms with Crippen LogP contribution in [-0.4, -0.2) is 11.8 Å². The molecule has 3 unspecified atom stereocenters. The number of fused-ring (bicyclic) bond motifs is 1. The molecule has 0 bridgehead atoms. The molecule has 1 fully saturated rings. The van der Waals surface area contributed by atoms with Crippen LogP contribution in [0.1, 0.15) is 47.0 Å². The van der Waals surface area contributed by atoms with E-state index in [0.717, 1.165) is 29.0 Å². The summed E-state index contributed by atoms with van der Waals surface area (Å²) in [4.78, 5) is 0. The summed E-state index contributed by atoms with van der Waals surface area (Å²) in [7, 11) is 0. The van der Waals surface area contributed by atoms with Crippen molar-refractivity contribution in [3.05, 3.63) is 18.2 Å². The molecule has 1 N–H and O–H groups in total. The lowest BCUT2D eigenvalue weighted by atomic mass is 9.80. The van der Waals surface area contributed by atoms with Gasteiger partial charge < -0.3 is 14.8 Å². The zero-order chi connectivity index (χ0) is 14.3. The Hall–Kier alpha value is -1.38. The zero-order valence-electron chi connectivity index (χ0n) is 12.9.